The van der Waals surface area contributed by atoms with Crippen molar-refractivity contribution < 1.29 is 18.3 Å². The zero-order chi connectivity index (χ0) is 18.0. The summed E-state index contributed by atoms with van der Waals surface area (Å²) < 4.78 is 28.3. The Labute approximate surface area is 150 Å². The van der Waals surface area contributed by atoms with Crippen LogP contribution in [0.2, 0.25) is 0 Å². The highest BCUT2D eigenvalue weighted by Crippen LogP contribution is 2.35. The summed E-state index contributed by atoms with van der Waals surface area (Å²) in [6, 6.07) is 4.79. The Bertz CT molecular complexity index is 878. The van der Waals surface area contributed by atoms with Crippen molar-refractivity contribution in [2.75, 3.05) is 6.54 Å². The number of carbonyl (C=O) groups is 1. The molecule has 0 aliphatic carbocycles. The van der Waals surface area contributed by atoms with E-state index in [2.05, 4.69) is 15.0 Å². The minimum absolute atomic E-state index is 0.0927. The molecule has 0 spiro atoms. The summed E-state index contributed by atoms with van der Waals surface area (Å²) in [5, 5.41) is 12.7. The molecule has 2 aromatic rings. The average Bonchev–Trinajstić information content (AvgIpc) is 3.01. The van der Waals surface area contributed by atoms with E-state index in [1.54, 1.807) is 24.4 Å². The molecule has 0 saturated carbocycles. The zero-order valence-electron chi connectivity index (χ0n) is 13.7. The fourth-order valence-electron chi connectivity index (χ4n) is 2.89. The first-order valence-electron chi connectivity index (χ1n) is 7.95. The molecule has 0 radical (unpaired) electrons. The van der Waals surface area contributed by atoms with E-state index in [4.69, 9.17) is 0 Å². The molecule has 1 unspecified atom stereocenters. The minimum Gasteiger partial charge on any atom is -0.478 e. The molecule has 3 rings (SSSR count). The quantitative estimate of drug-likeness (QED) is 0.705. The number of carboxylic acid groups (broad SMARTS) is 1. The van der Waals surface area contributed by atoms with E-state index in [0.29, 0.717) is 37.2 Å². The second-order valence-corrected chi connectivity index (χ2v) is 8.75. The van der Waals surface area contributed by atoms with Gasteiger partial charge in [-0.3, -0.25) is 4.98 Å². The maximum Gasteiger partial charge on any atom is 0.338 e. The number of hydrogen-bond donors (Lipinski definition) is 3. The van der Waals surface area contributed by atoms with Gasteiger partial charge >= 0.3 is 5.97 Å². The molecule has 134 valence electrons. The second-order valence-electron chi connectivity index (χ2n) is 5.73. The van der Waals surface area contributed by atoms with Crippen LogP contribution in [0.15, 0.2) is 28.6 Å². The normalized spacial score (nSPS) is 15.6. The van der Waals surface area contributed by atoms with Gasteiger partial charge in [0.25, 0.3) is 10.0 Å². The molecule has 0 amide bonds. The lowest BCUT2D eigenvalue weighted by molar-refractivity contribution is 0.0692. The van der Waals surface area contributed by atoms with Crippen LogP contribution in [0.25, 0.3) is 0 Å². The Morgan fingerprint density at radius 1 is 1.48 bits per heavy atom. The monoisotopic (exact) mass is 381 g/mol. The third kappa shape index (κ3) is 3.59. The summed E-state index contributed by atoms with van der Waals surface area (Å²) in [6.07, 6.45) is 2.62. The summed E-state index contributed by atoms with van der Waals surface area (Å²) in [7, 11) is -3.97. The summed E-state index contributed by atoms with van der Waals surface area (Å²) in [5.74, 6) is -1.20. The molecule has 0 saturated heterocycles. The number of nitrogens with zero attached hydrogens (tertiary/aromatic N) is 1. The predicted octanol–water partition coefficient (Wildman–Crippen LogP) is 1.92. The van der Waals surface area contributed by atoms with Crippen molar-refractivity contribution in [2.24, 2.45) is 0 Å². The van der Waals surface area contributed by atoms with Crippen molar-refractivity contribution in [3.05, 3.63) is 46.1 Å². The van der Waals surface area contributed by atoms with E-state index in [-0.39, 0.29) is 9.77 Å². The van der Waals surface area contributed by atoms with Gasteiger partial charge in [-0.2, -0.15) is 0 Å². The number of aromatic carboxylic acids is 1. The molecule has 3 N–H and O–H groups in total. The van der Waals surface area contributed by atoms with Gasteiger partial charge in [-0.15, -0.1) is 11.3 Å². The molecule has 1 aliphatic rings. The SMILES string of the molecule is CCC(NS(=O)(=O)c1sc2c(c1C(=O)O)CCNC2)c1ccccn1. The fourth-order valence-corrected chi connectivity index (χ4v) is 6.06. The molecule has 0 fully saturated rings. The number of nitrogens with one attached hydrogen (secondary N) is 2. The number of aromatic nitrogens is 1. The molecule has 3 heterocycles. The van der Waals surface area contributed by atoms with Crippen LogP contribution in [0.1, 0.15) is 45.9 Å². The van der Waals surface area contributed by atoms with Gasteiger partial charge in [0.1, 0.15) is 4.21 Å². The van der Waals surface area contributed by atoms with Gasteiger partial charge in [0.15, 0.2) is 0 Å². The Morgan fingerprint density at radius 2 is 2.28 bits per heavy atom. The van der Waals surface area contributed by atoms with E-state index >= 15 is 0 Å². The number of thiophene rings is 1. The van der Waals surface area contributed by atoms with Crippen LogP contribution in [0.5, 0.6) is 0 Å². The summed E-state index contributed by atoms with van der Waals surface area (Å²) in [6.45, 7) is 2.99. The topological polar surface area (TPSA) is 108 Å². The number of rotatable bonds is 6. The molecular formula is C16H19N3O4S2. The second kappa shape index (κ2) is 7.20. The smallest absolute Gasteiger partial charge is 0.338 e. The molecule has 1 atom stereocenters. The van der Waals surface area contributed by atoms with Crippen LogP contribution in [-0.4, -0.2) is 31.0 Å². The molecular weight excluding hydrogens is 362 g/mol. The van der Waals surface area contributed by atoms with Gasteiger partial charge in [-0.25, -0.2) is 17.9 Å². The highest BCUT2D eigenvalue weighted by molar-refractivity contribution is 7.91. The van der Waals surface area contributed by atoms with Gasteiger partial charge in [0.2, 0.25) is 0 Å². The number of pyridine rings is 1. The highest BCUT2D eigenvalue weighted by atomic mass is 32.2. The Balaban J connectivity index is 2.00. The molecule has 7 nitrogen and oxygen atoms in total. The number of fused-ring (bicyclic) bond motifs is 1. The van der Waals surface area contributed by atoms with Crippen LogP contribution in [0.4, 0.5) is 0 Å². The van der Waals surface area contributed by atoms with Crippen molar-refractivity contribution in [2.45, 2.75) is 36.6 Å². The maximum atomic E-state index is 12.9. The van der Waals surface area contributed by atoms with Gasteiger partial charge in [-0.05, 0) is 37.1 Å². The number of carboxylic acids is 1. The highest BCUT2D eigenvalue weighted by Gasteiger charge is 2.33. The van der Waals surface area contributed by atoms with Crippen molar-refractivity contribution >= 4 is 27.3 Å². The standard InChI is InChI=1S/C16H19N3O4S2/c1-2-11(12-5-3-4-7-18-12)19-25(22,23)16-14(15(20)21)10-6-8-17-9-13(10)24-16/h3-5,7,11,17,19H,2,6,8-9H2,1H3,(H,20,21). The zero-order valence-corrected chi connectivity index (χ0v) is 15.3. The Morgan fingerprint density at radius 3 is 2.92 bits per heavy atom. The maximum absolute atomic E-state index is 12.9. The molecule has 2 aromatic heterocycles. The van der Waals surface area contributed by atoms with Gasteiger partial charge in [0.05, 0.1) is 17.3 Å². The summed E-state index contributed by atoms with van der Waals surface area (Å²) in [5.41, 5.74) is 1.14. The van der Waals surface area contributed by atoms with Crippen LogP contribution in [0, 0.1) is 0 Å². The van der Waals surface area contributed by atoms with Gasteiger partial charge in [-0.1, -0.05) is 13.0 Å². The molecule has 0 bridgehead atoms. The number of hydrogen-bond acceptors (Lipinski definition) is 6. The third-order valence-corrected chi connectivity index (χ3v) is 7.33. The molecule has 1 aliphatic heterocycles. The van der Waals surface area contributed by atoms with E-state index in [1.807, 2.05) is 6.92 Å². The van der Waals surface area contributed by atoms with Crippen molar-refractivity contribution in [1.29, 1.82) is 0 Å². The van der Waals surface area contributed by atoms with Crippen LogP contribution < -0.4 is 10.0 Å². The average molecular weight is 381 g/mol. The largest absolute Gasteiger partial charge is 0.478 e. The van der Waals surface area contributed by atoms with Crippen molar-refractivity contribution in [3.8, 4) is 0 Å². The lowest BCUT2D eigenvalue weighted by Gasteiger charge is -2.16. The van der Waals surface area contributed by atoms with E-state index in [0.717, 1.165) is 16.2 Å². The van der Waals surface area contributed by atoms with Crippen LogP contribution in [-0.2, 0) is 23.0 Å². The summed E-state index contributed by atoms with van der Waals surface area (Å²) >= 11 is 1.03. The third-order valence-electron chi connectivity index (χ3n) is 4.10. The van der Waals surface area contributed by atoms with Crippen molar-refractivity contribution in [1.82, 2.24) is 15.0 Å². The minimum atomic E-state index is -3.97. The van der Waals surface area contributed by atoms with Crippen LogP contribution in [0.3, 0.4) is 0 Å². The van der Waals surface area contributed by atoms with E-state index < -0.39 is 22.0 Å². The fraction of sp³-hybridized carbons (Fsp3) is 0.375. The lowest BCUT2D eigenvalue weighted by Crippen LogP contribution is -2.29. The number of sulfonamides is 1. The summed E-state index contributed by atoms with van der Waals surface area (Å²) in [4.78, 5) is 16.7. The first-order valence-corrected chi connectivity index (χ1v) is 10.3. The lowest BCUT2D eigenvalue weighted by atomic mass is 10.1. The Hall–Kier alpha value is -1.81. The van der Waals surface area contributed by atoms with Gasteiger partial charge < -0.3 is 10.4 Å². The van der Waals surface area contributed by atoms with Crippen LogP contribution >= 0.6 is 11.3 Å². The first kappa shape index (κ1) is 18.0. The Kier molecular flexibility index (Phi) is 5.19. The van der Waals surface area contributed by atoms with E-state index in [1.165, 1.54) is 0 Å². The van der Waals surface area contributed by atoms with Gasteiger partial charge in [0, 0.05) is 17.6 Å². The van der Waals surface area contributed by atoms with E-state index in [9.17, 15) is 18.3 Å². The predicted molar refractivity (Wildman–Crippen MR) is 94.3 cm³/mol. The van der Waals surface area contributed by atoms with Crippen molar-refractivity contribution in [3.63, 3.8) is 0 Å². The first-order chi connectivity index (χ1) is 11.9. The molecule has 25 heavy (non-hydrogen) atoms. The molecule has 0 aromatic carbocycles. The molecule has 9 heteroatoms.